The van der Waals surface area contributed by atoms with Crippen LogP contribution in [0.5, 0.6) is 5.75 Å². The summed E-state index contributed by atoms with van der Waals surface area (Å²) in [6.07, 6.45) is 3.96. The Labute approximate surface area is 223 Å². The van der Waals surface area contributed by atoms with E-state index in [2.05, 4.69) is 25.6 Å². The van der Waals surface area contributed by atoms with Gasteiger partial charge >= 0.3 is 0 Å². The van der Waals surface area contributed by atoms with E-state index in [1.54, 1.807) is 7.11 Å². The second-order valence-corrected chi connectivity index (χ2v) is 8.60. The summed E-state index contributed by atoms with van der Waals surface area (Å²) in [4.78, 5) is 26.5. The van der Waals surface area contributed by atoms with E-state index >= 15 is 0 Å². The van der Waals surface area contributed by atoms with Crippen LogP contribution in [0.15, 0.2) is 47.5 Å². The summed E-state index contributed by atoms with van der Waals surface area (Å²) >= 11 is 0. The number of benzene rings is 2. The van der Waals surface area contributed by atoms with Gasteiger partial charge in [0, 0.05) is 11.9 Å². The number of aliphatic imine (C=N–C) groups is 1. The van der Waals surface area contributed by atoms with Crippen LogP contribution in [0.2, 0.25) is 0 Å². The molecule has 1 aromatic heterocycles. The third-order valence-corrected chi connectivity index (χ3v) is 6.03. The average molecular weight is 534 g/mol. The second-order valence-electron chi connectivity index (χ2n) is 8.60. The molecule has 1 amide bonds. The Bertz CT molecular complexity index is 1200. The number of carbonyl (C=O) groups is 1. The van der Waals surface area contributed by atoms with Crippen LogP contribution in [-0.4, -0.2) is 41.0 Å². The number of halogens is 2. The molecule has 9 nitrogen and oxygen atoms in total. The first-order valence-electron chi connectivity index (χ1n) is 11.5. The van der Waals surface area contributed by atoms with E-state index in [4.69, 9.17) is 16.2 Å². The first kappa shape index (κ1) is 28.9. The standard InChI is InChI=1S/C25H31N7O2.2ClH/c1-15-7-12-19-18(13-15)22(30-20-5-3-4-6-21(20)31-25(26)27)32-23(29-19)24(33)28-14-16-8-10-17(34-2)11-9-16;;/h7-13,20-21H,3-6,14H2,1-2H3,(H,28,33)(H4,26,27,31)(H,29,30,32);2*1H/t20-,21+;;/m0../s1. The molecule has 0 radical (unpaired) electrons. The van der Waals surface area contributed by atoms with Crippen LogP contribution in [-0.2, 0) is 6.54 Å². The van der Waals surface area contributed by atoms with E-state index < -0.39 is 0 Å². The Morgan fingerprint density at radius 2 is 1.81 bits per heavy atom. The van der Waals surface area contributed by atoms with Gasteiger partial charge in [0.05, 0.1) is 24.7 Å². The van der Waals surface area contributed by atoms with E-state index in [0.29, 0.717) is 17.9 Å². The highest BCUT2D eigenvalue weighted by molar-refractivity contribution is 5.96. The summed E-state index contributed by atoms with van der Waals surface area (Å²) in [6.45, 7) is 2.37. The quantitative estimate of drug-likeness (QED) is 0.268. The molecule has 11 heteroatoms. The maximum atomic E-state index is 13.0. The van der Waals surface area contributed by atoms with Gasteiger partial charge in [-0.3, -0.25) is 4.79 Å². The van der Waals surface area contributed by atoms with Crippen molar-refractivity contribution in [2.75, 3.05) is 12.4 Å². The summed E-state index contributed by atoms with van der Waals surface area (Å²) in [5.41, 5.74) is 14.1. The fourth-order valence-corrected chi connectivity index (χ4v) is 4.26. The molecule has 194 valence electrons. The molecule has 1 aliphatic rings. The fourth-order valence-electron chi connectivity index (χ4n) is 4.26. The molecular formula is C25H33Cl2N7O2. The lowest BCUT2D eigenvalue weighted by Crippen LogP contribution is -2.38. The van der Waals surface area contributed by atoms with Crippen LogP contribution in [0.4, 0.5) is 5.82 Å². The molecule has 0 aliphatic heterocycles. The zero-order valence-corrected chi connectivity index (χ0v) is 22.0. The van der Waals surface area contributed by atoms with E-state index in [0.717, 1.165) is 47.9 Å². The summed E-state index contributed by atoms with van der Waals surface area (Å²) < 4.78 is 5.18. The zero-order chi connectivity index (χ0) is 24.1. The number of guanidine groups is 1. The number of anilines is 1. The second kappa shape index (κ2) is 13.1. The predicted octanol–water partition coefficient (Wildman–Crippen LogP) is 3.72. The molecule has 6 N–H and O–H groups in total. The highest BCUT2D eigenvalue weighted by Crippen LogP contribution is 2.28. The summed E-state index contributed by atoms with van der Waals surface area (Å²) in [7, 11) is 1.62. The SMILES string of the molecule is COc1ccc(CNC(=O)c2nc(N[C@H]3CCCC[C@H]3N=C(N)N)c3cc(C)ccc3n2)cc1.Cl.Cl. The molecule has 3 aromatic rings. The maximum Gasteiger partial charge on any atom is 0.289 e. The number of amides is 1. The third kappa shape index (κ3) is 7.11. The molecule has 1 aliphatic carbocycles. The number of nitrogens with one attached hydrogen (secondary N) is 2. The molecule has 4 rings (SSSR count). The molecule has 1 heterocycles. The Morgan fingerprint density at radius 1 is 1.08 bits per heavy atom. The van der Waals surface area contributed by atoms with E-state index in [-0.39, 0.29) is 54.6 Å². The summed E-state index contributed by atoms with van der Waals surface area (Å²) in [6, 6.07) is 13.4. The van der Waals surface area contributed by atoms with Crippen molar-refractivity contribution in [1.29, 1.82) is 0 Å². The highest BCUT2D eigenvalue weighted by Gasteiger charge is 2.26. The highest BCUT2D eigenvalue weighted by atomic mass is 35.5. The topological polar surface area (TPSA) is 141 Å². The van der Waals surface area contributed by atoms with Gasteiger partial charge in [-0.1, -0.05) is 36.6 Å². The molecule has 1 fully saturated rings. The van der Waals surface area contributed by atoms with Crippen LogP contribution in [0.1, 0.15) is 47.4 Å². The number of methoxy groups -OCH3 is 1. The van der Waals surface area contributed by atoms with Gasteiger partial charge < -0.3 is 26.8 Å². The molecule has 0 bridgehead atoms. The minimum absolute atomic E-state index is 0. The minimum Gasteiger partial charge on any atom is -0.497 e. The third-order valence-electron chi connectivity index (χ3n) is 6.03. The Balaban J connectivity index is 0.00000228. The molecular weight excluding hydrogens is 501 g/mol. The van der Waals surface area contributed by atoms with Crippen LogP contribution in [0, 0.1) is 6.92 Å². The number of hydrogen-bond donors (Lipinski definition) is 4. The molecule has 0 unspecified atom stereocenters. The number of ether oxygens (including phenoxy) is 1. The van der Waals surface area contributed by atoms with Crippen molar-refractivity contribution in [3.05, 3.63) is 59.4 Å². The van der Waals surface area contributed by atoms with Crippen LogP contribution >= 0.6 is 24.8 Å². The lowest BCUT2D eigenvalue weighted by atomic mass is 9.90. The Morgan fingerprint density at radius 3 is 2.50 bits per heavy atom. The number of carbonyl (C=O) groups excluding carboxylic acids is 1. The minimum atomic E-state index is -0.342. The van der Waals surface area contributed by atoms with E-state index in [9.17, 15) is 4.79 Å². The van der Waals surface area contributed by atoms with Gasteiger partial charge in [-0.05, 0) is 49.6 Å². The van der Waals surface area contributed by atoms with Gasteiger partial charge in [-0.25, -0.2) is 15.0 Å². The number of nitrogens with two attached hydrogens (primary N) is 2. The number of aryl methyl sites for hydroxylation is 1. The van der Waals surface area contributed by atoms with Crippen molar-refractivity contribution in [3.8, 4) is 5.75 Å². The van der Waals surface area contributed by atoms with Gasteiger partial charge in [-0.15, -0.1) is 24.8 Å². The smallest absolute Gasteiger partial charge is 0.289 e. The lowest BCUT2D eigenvalue weighted by molar-refractivity contribution is 0.0941. The number of nitrogens with zero attached hydrogens (tertiary/aromatic N) is 3. The molecule has 2 atom stereocenters. The van der Waals surface area contributed by atoms with Gasteiger partial charge in [0.1, 0.15) is 11.6 Å². The van der Waals surface area contributed by atoms with Crippen LogP contribution in [0.3, 0.4) is 0 Å². The van der Waals surface area contributed by atoms with E-state index in [1.165, 1.54) is 0 Å². The normalized spacial score (nSPS) is 16.7. The van der Waals surface area contributed by atoms with Crippen molar-refractivity contribution in [2.24, 2.45) is 16.5 Å². The molecule has 1 saturated carbocycles. The number of fused-ring (bicyclic) bond motifs is 1. The maximum absolute atomic E-state index is 13.0. The molecule has 0 saturated heterocycles. The first-order chi connectivity index (χ1) is 16.4. The Kier molecular flexibility index (Phi) is 10.6. The van der Waals surface area contributed by atoms with Crippen molar-refractivity contribution in [2.45, 2.75) is 51.2 Å². The van der Waals surface area contributed by atoms with Crippen LogP contribution in [0.25, 0.3) is 10.9 Å². The molecule has 2 aromatic carbocycles. The van der Waals surface area contributed by atoms with Crippen molar-refractivity contribution >= 4 is 53.4 Å². The molecule has 36 heavy (non-hydrogen) atoms. The van der Waals surface area contributed by atoms with Crippen molar-refractivity contribution < 1.29 is 9.53 Å². The lowest BCUT2D eigenvalue weighted by Gasteiger charge is -2.30. The van der Waals surface area contributed by atoms with Crippen LogP contribution < -0.4 is 26.8 Å². The number of aromatic nitrogens is 2. The van der Waals surface area contributed by atoms with Gasteiger partial charge in [0.15, 0.2) is 5.96 Å². The molecule has 0 spiro atoms. The van der Waals surface area contributed by atoms with Gasteiger partial charge in [0.2, 0.25) is 5.82 Å². The summed E-state index contributed by atoms with van der Waals surface area (Å²) in [5, 5.41) is 7.29. The predicted molar refractivity (Wildman–Crippen MR) is 148 cm³/mol. The van der Waals surface area contributed by atoms with Gasteiger partial charge in [-0.2, -0.15) is 0 Å². The van der Waals surface area contributed by atoms with Gasteiger partial charge in [0.25, 0.3) is 5.91 Å². The summed E-state index contributed by atoms with van der Waals surface area (Å²) in [5.74, 6) is 1.24. The first-order valence-corrected chi connectivity index (χ1v) is 11.5. The Hall–Kier alpha value is -3.30. The fraction of sp³-hybridized carbons (Fsp3) is 0.360. The number of rotatable bonds is 7. The zero-order valence-electron chi connectivity index (χ0n) is 20.4. The van der Waals surface area contributed by atoms with E-state index in [1.807, 2.05) is 49.4 Å². The largest absolute Gasteiger partial charge is 0.497 e. The average Bonchev–Trinajstić information content (AvgIpc) is 2.84. The van der Waals surface area contributed by atoms with Crippen molar-refractivity contribution in [3.63, 3.8) is 0 Å². The number of hydrogen-bond acceptors (Lipinski definition) is 6. The van der Waals surface area contributed by atoms with Crippen molar-refractivity contribution in [1.82, 2.24) is 15.3 Å². The monoisotopic (exact) mass is 533 g/mol.